The van der Waals surface area contributed by atoms with E-state index in [1.165, 1.54) is 5.56 Å². The maximum atomic E-state index is 4.77. The largest absolute Gasteiger partial charge is 0.307 e. The van der Waals surface area contributed by atoms with E-state index < -0.39 is 0 Å². The molecule has 1 N–H and O–H groups in total. The molecule has 0 saturated carbocycles. The lowest BCUT2D eigenvalue weighted by Gasteiger charge is -2.08. The number of benzene rings is 1. The molecule has 0 aliphatic carbocycles. The minimum absolute atomic E-state index is 0.819. The molecule has 4 rings (SSSR count). The molecule has 0 spiro atoms. The van der Waals surface area contributed by atoms with E-state index in [4.69, 9.17) is 9.97 Å². The summed E-state index contributed by atoms with van der Waals surface area (Å²) in [7, 11) is 0. The quantitative estimate of drug-likeness (QED) is 0.782. The molecule has 3 aromatic rings. The number of nitrogens with zero attached hydrogens (tertiary/aromatic N) is 3. The minimum Gasteiger partial charge on any atom is -0.307 e. The smallest absolute Gasteiger partial charge is 0.159 e. The second-order valence-corrected chi connectivity index (χ2v) is 5.29. The molecule has 0 radical (unpaired) electrons. The van der Waals surface area contributed by atoms with Gasteiger partial charge in [-0.25, -0.2) is 9.97 Å². The fraction of sp³-hybridized carbons (Fsp3) is 0.235. The first-order valence-electron chi connectivity index (χ1n) is 7.29. The van der Waals surface area contributed by atoms with Crippen LogP contribution in [0.5, 0.6) is 0 Å². The number of hydrogen-bond donors (Lipinski definition) is 1. The van der Waals surface area contributed by atoms with Gasteiger partial charge in [-0.05, 0) is 30.7 Å². The first kappa shape index (κ1) is 12.4. The van der Waals surface area contributed by atoms with Gasteiger partial charge in [-0.3, -0.25) is 4.98 Å². The summed E-state index contributed by atoms with van der Waals surface area (Å²) < 4.78 is 0. The molecule has 21 heavy (non-hydrogen) atoms. The lowest BCUT2D eigenvalue weighted by molar-refractivity contribution is 0.755. The van der Waals surface area contributed by atoms with Gasteiger partial charge in [0.2, 0.25) is 0 Å². The zero-order valence-electron chi connectivity index (χ0n) is 11.9. The van der Waals surface area contributed by atoms with Crippen LogP contribution in [-0.2, 0) is 19.5 Å². The first-order valence-corrected chi connectivity index (χ1v) is 7.29. The Morgan fingerprint density at radius 3 is 3.00 bits per heavy atom. The van der Waals surface area contributed by atoms with Crippen molar-refractivity contribution in [1.82, 2.24) is 20.3 Å². The molecule has 0 amide bonds. The maximum Gasteiger partial charge on any atom is 0.159 e. The van der Waals surface area contributed by atoms with Crippen LogP contribution in [0, 0.1) is 0 Å². The van der Waals surface area contributed by atoms with Crippen LogP contribution in [0.2, 0.25) is 0 Å². The number of nitrogens with one attached hydrogen (secondary N) is 1. The topological polar surface area (TPSA) is 50.7 Å². The third-order valence-corrected chi connectivity index (χ3v) is 3.97. The van der Waals surface area contributed by atoms with Crippen LogP contribution in [0.1, 0.15) is 23.9 Å². The number of pyridine rings is 1. The lowest BCUT2D eigenvalue weighted by atomic mass is 10.1. The van der Waals surface area contributed by atoms with E-state index in [1.807, 2.05) is 18.3 Å². The Kier molecular flexibility index (Phi) is 2.89. The summed E-state index contributed by atoms with van der Waals surface area (Å²) in [5.74, 6) is 0.819. The Morgan fingerprint density at radius 1 is 1.14 bits per heavy atom. The third kappa shape index (κ3) is 2.08. The van der Waals surface area contributed by atoms with Crippen LogP contribution >= 0.6 is 0 Å². The Labute approximate surface area is 123 Å². The minimum atomic E-state index is 0.819. The van der Waals surface area contributed by atoms with Crippen molar-refractivity contribution in [3.8, 4) is 11.4 Å². The second kappa shape index (κ2) is 4.90. The van der Waals surface area contributed by atoms with Crippen molar-refractivity contribution < 1.29 is 0 Å². The molecule has 4 nitrogen and oxygen atoms in total. The molecule has 3 heterocycles. The molecule has 4 heteroatoms. The van der Waals surface area contributed by atoms with E-state index in [-0.39, 0.29) is 0 Å². The molecule has 0 unspecified atom stereocenters. The molecule has 0 saturated heterocycles. The molecule has 1 aliphatic heterocycles. The highest BCUT2D eigenvalue weighted by atomic mass is 15.0. The van der Waals surface area contributed by atoms with Crippen LogP contribution in [-0.4, -0.2) is 15.0 Å². The second-order valence-electron chi connectivity index (χ2n) is 5.29. The van der Waals surface area contributed by atoms with E-state index in [0.717, 1.165) is 53.2 Å². The van der Waals surface area contributed by atoms with E-state index >= 15 is 0 Å². The molecule has 0 bridgehead atoms. The highest BCUT2D eigenvalue weighted by molar-refractivity contribution is 5.83. The van der Waals surface area contributed by atoms with Gasteiger partial charge < -0.3 is 5.32 Å². The Hall–Kier alpha value is -2.33. The van der Waals surface area contributed by atoms with Gasteiger partial charge in [0.1, 0.15) is 0 Å². The summed E-state index contributed by atoms with van der Waals surface area (Å²) >= 11 is 0. The Balaban J connectivity index is 1.88. The van der Waals surface area contributed by atoms with Gasteiger partial charge in [0.25, 0.3) is 0 Å². The van der Waals surface area contributed by atoms with Gasteiger partial charge in [0.05, 0.1) is 11.2 Å². The standard InChI is InChI=1S/C17H16N4/c1-2-14-13-9-18-10-16(13)21-17(20-14)12-5-6-15-11(8-12)4-3-7-19-15/h3-8,18H,2,9-10H2,1H3. The number of aromatic nitrogens is 3. The van der Waals surface area contributed by atoms with Gasteiger partial charge in [-0.15, -0.1) is 0 Å². The SMILES string of the molecule is CCc1nc(-c2ccc3ncccc3c2)nc2c1CNC2. The Bertz CT molecular complexity index is 826. The van der Waals surface area contributed by atoms with Crippen LogP contribution in [0.15, 0.2) is 36.5 Å². The zero-order valence-corrected chi connectivity index (χ0v) is 11.9. The molecular formula is C17H16N4. The fourth-order valence-corrected chi connectivity index (χ4v) is 2.87. The Morgan fingerprint density at radius 2 is 2.10 bits per heavy atom. The third-order valence-electron chi connectivity index (χ3n) is 3.97. The predicted molar refractivity (Wildman–Crippen MR) is 82.7 cm³/mol. The molecule has 1 aliphatic rings. The maximum absolute atomic E-state index is 4.77. The van der Waals surface area contributed by atoms with Crippen molar-refractivity contribution in [3.05, 3.63) is 53.5 Å². The fourth-order valence-electron chi connectivity index (χ4n) is 2.87. The van der Waals surface area contributed by atoms with Gasteiger partial charge in [-0.2, -0.15) is 0 Å². The molecule has 0 fully saturated rings. The molecular weight excluding hydrogens is 260 g/mol. The number of aryl methyl sites for hydroxylation is 1. The predicted octanol–water partition coefficient (Wildman–Crippen LogP) is 2.86. The summed E-state index contributed by atoms with van der Waals surface area (Å²) in [6.45, 7) is 3.88. The van der Waals surface area contributed by atoms with Crippen LogP contribution in [0.4, 0.5) is 0 Å². The van der Waals surface area contributed by atoms with Crippen LogP contribution < -0.4 is 5.32 Å². The van der Waals surface area contributed by atoms with Crippen molar-refractivity contribution in [1.29, 1.82) is 0 Å². The van der Waals surface area contributed by atoms with Crippen molar-refractivity contribution in [3.63, 3.8) is 0 Å². The van der Waals surface area contributed by atoms with Crippen molar-refractivity contribution in [2.24, 2.45) is 0 Å². The summed E-state index contributed by atoms with van der Waals surface area (Å²) in [6, 6.07) is 10.2. The molecule has 104 valence electrons. The average molecular weight is 276 g/mol. The monoisotopic (exact) mass is 276 g/mol. The average Bonchev–Trinajstić information content (AvgIpc) is 3.02. The number of hydrogen-bond acceptors (Lipinski definition) is 4. The molecule has 2 aromatic heterocycles. The summed E-state index contributed by atoms with van der Waals surface area (Å²) in [6.07, 6.45) is 2.75. The van der Waals surface area contributed by atoms with E-state index in [1.54, 1.807) is 0 Å². The summed E-state index contributed by atoms with van der Waals surface area (Å²) in [4.78, 5) is 13.9. The van der Waals surface area contributed by atoms with Crippen molar-refractivity contribution in [2.45, 2.75) is 26.4 Å². The van der Waals surface area contributed by atoms with E-state index in [9.17, 15) is 0 Å². The van der Waals surface area contributed by atoms with Crippen LogP contribution in [0.3, 0.4) is 0 Å². The van der Waals surface area contributed by atoms with Crippen LogP contribution in [0.25, 0.3) is 22.3 Å². The summed E-state index contributed by atoms with van der Waals surface area (Å²) in [5, 5.41) is 4.48. The highest BCUT2D eigenvalue weighted by Gasteiger charge is 2.18. The van der Waals surface area contributed by atoms with Gasteiger partial charge in [0, 0.05) is 41.5 Å². The molecule has 1 aromatic carbocycles. The lowest BCUT2D eigenvalue weighted by Crippen LogP contribution is -2.02. The first-order chi connectivity index (χ1) is 10.3. The number of fused-ring (bicyclic) bond motifs is 2. The van der Waals surface area contributed by atoms with Gasteiger partial charge in [0.15, 0.2) is 5.82 Å². The highest BCUT2D eigenvalue weighted by Crippen LogP contribution is 2.25. The zero-order chi connectivity index (χ0) is 14.2. The number of rotatable bonds is 2. The van der Waals surface area contributed by atoms with Gasteiger partial charge >= 0.3 is 0 Å². The van der Waals surface area contributed by atoms with Gasteiger partial charge in [-0.1, -0.05) is 13.0 Å². The van der Waals surface area contributed by atoms with Crippen molar-refractivity contribution >= 4 is 10.9 Å². The molecule has 0 atom stereocenters. The van der Waals surface area contributed by atoms with E-state index in [2.05, 4.69) is 35.4 Å². The normalized spacial score (nSPS) is 13.6. The van der Waals surface area contributed by atoms with E-state index in [0.29, 0.717) is 0 Å². The van der Waals surface area contributed by atoms with Crippen molar-refractivity contribution in [2.75, 3.05) is 0 Å². The summed E-state index contributed by atoms with van der Waals surface area (Å²) in [5.41, 5.74) is 5.64.